The van der Waals surface area contributed by atoms with Gasteiger partial charge in [-0.2, -0.15) is 0 Å². The molecule has 0 unspecified atom stereocenters. The Morgan fingerprint density at radius 2 is 2.42 bits per heavy atom. The number of nitrogens with one attached hydrogen (secondary N) is 1. The van der Waals surface area contributed by atoms with E-state index in [2.05, 4.69) is 10.3 Å². The first kappa shape index (κ1) is 6.84. The number of hydrogen-bond acceptors (Lipinski definition) is 3. The van der Waals surface area contributed by atoms with Crippen LogP contribution in [0.4, 0.5) is 5.69 Å². The van der Waals surface area contributed by atoms with Crippen LogP contribution < -0.4 is 5.32 Å². The first-order valence-corrected chi connectivity index (χ1v) is 3.36. The summed E-state index contributed by atoms with van der Waals surface area (Å²) in [4.78, 5) is 13.9. The zero-order valence-electron chi connectivity index (χ0n) is 6.07. The summed E-state index contributed by atoms with van der Waals surface area (Å²) in [5.41, 5.74) is 2.07. The van der Waals surface area contributed by atoms with Gasteiger partial charge >= 0.3 is 6.41 Å². The molecule has 0 fully saturated rings. The second kappa shape index (κ2) is 2.65. The predicted octanol–water partition coefficient (Wildman–Crippen LogP) is 1.31. The van der Waals surface area contributed by atoms with E-state index in [9.17, 15) is 4.79 Å². The van der Waals surface area contributed by atoms with Crippen molar-refractivity contribution in [1.29, 1.82) is 0 Å². The van der Waals surface area contributed by atoms with Gasteiger partial charge in [-0.25, -0.2) is 4.98 Å². The average molecular weight is 161 g/mol. The molecule has 1 radical (unpaired) electrons. The lowest BCUT2D eigenvalue weighted by molar-refractivity contribution is 0.561. The molecule has 2 rings (SSSR count). The van der Waals surface area contributed by atoms with E-state index in [1.54, 1.807) is 24.6 Å². The van der Waals surface area contributed by atoms with Crippen molar-refractivity contribution in [1.82, 2.24) is 4.98 Å². The fourth-order valence-electron chi connectivity index (χ4n) is 0.992. The Morgan fingerprint density at radius 3 is 3.25 bits per heavy atom. The summed E-state index contributed by atoms with van der Waals surface area (Å²) in [5.74, 6) is 0. The Labute approximate surface area is 68.2 Å². The largest absolute Gasteiger partial charge is 0.443 e. The molecule has 0 saturated carbocycles. The summed E-state index contributed by atoms with van der Waals surface area (Å²) in [6.07, 6.45) is 2.94. The summed E-state index contributed by atoms with van der Waals surface area (Å²) in [7, 11) is 0. The lowest BCUT2D eigenvalue weighted by Gasteiger charge is -1.94. The van der Waals surface area contributed by atoms with Gasteiger partial charge in [0.15, 0.2) is 12.0 Å². The number of nitrogens with zero attached hydrogens (tertiary/aromatic N) is 1. The first-order chi connectivity index (χ1) is 5.90. The fourth-order valence-corrected chi connectivity index (χ4v) is 0.992. The van der Waals surface area contributed by atoms with Crippen LogP contribution in [-0.2, 0) is 4.79 Å². The maximum atomic E-state index is 9.97. The zero-order valence-corrected chi connectivity index (χ0v) is 6.07. The number of hydrogen-bond donors (Lipinski definition) is 1. The molecule has 4 heteroatoms. The second-order valence-electron chi connectivity index (χ2n) is 2.26. The van der Waals surface area contributed by atoms with Crippen molar-refractivity contribution in [3.63, 3.8) is 0 Å². The summed E-state index contributed by atoms with van der Waals surface area (Å²) in [6, 6.07) is 5.18. The molecule has 1 aromatic carbocycles. The molecule has 0 atom stereocenters. The van der Waals surface area contributed by atoms with Gasteiger partial charge in [-0.15, -0.1) is 0 Å². The van der Waals surface area contributed by atoms with E-state index in [1.165, 1.54) is 6.39 Å². The SMILES string of the molecule is O=[C]Nc1ccc2ncoc2c1. The lowest BCUT2D eigenvalue weighted by Crippen LogP contribution is -1.92. The van der Waals surface area contributed by atoms with Crippen molar-refractivity contribution >= 4 is 23.2 Å². The molecule has 0 bridgehead atoms. The van der Waals surface area contributed by atoms with Gasteiger partial charge in [0.2, 0.25) is 0 Å². The maximum Gasteiger partial charge on any atom is 0.314 e. The van der Waals surface area contributed by atoms with Crippen LogP contribution >= 0.6 is 0 Å². The standard InChI is InChI=1S/C8H5N2O2/c11-4-9-6-1-2-7-8(3-6)12-5-10-7/h1-3,5H,(H,9,11). The van der Waals surface area contributed by atoms with E-state index in [0.29, 0.717) is 11.3 Å². The number of rotatable bonds is 2. The minimum atomic E-state index is 0.647. The van der Waals surface area contributed by atoms with Crippen molar-refractivity contribution in [2.24, 2.45) is 0 Å². The van der Waals surface area contributed by atoms with Crippen molar-refractivity contribution in [2.75, 3.05) is 5.32 Å². The molecule has 1 aromatic heterocycles. The molecule has 1 amide bonds. The minimum Gasteiger partial charge on any atom is -0.443 e. The van der Waals surface area contributed by atoms with Crippen LogP contribution in [0.25, 0.3) is 11.1 Å². The number of benzene rings is 1. The third kappa shape index (κ3) is 1.03. The van der Waals surface area contributed by atoms with E-state index in [4.69, 9.17) is 4.42 Å². The van der Waals surface area contributed by atoms with Gasteiger partial charge < -0.3 is 9.73 Å². The molecule has 1 N–H and O–H groups in total. The summed E-state index contributed by atoms with van der Waals surface area (Å²) >= 11 is 0. The number of anilines is 1. The van der Waals surface area contributed by atoms with Gasteiger partial charge in [-0.05, 0) is 12.1 Å². The highest BCUT2D eigenvalue weighted by Crippen LogP contribution is 2.16. The highest BCUT2D eigenvalue weighted by molar-refractivity contribution is 5.81. The van der Waals surface area contributed by atoms with Gasteiger partial charge in [-0.3, -0.25) is 4.79 Å². The van der Waals surface area contributed by atoms with Crippen LogP contribution in [-0.4, -0.2) is 11.4 Å². The van der Waals surface area contributed by atoms with E-state index in [-0.39, 0.29) is 0 Å². The van der Waals surface area contributed by atoms with Gasteiger partial charge in [0.1, 0.15) is 5.52 Å². The lowest BCUT2D eigenvalue weighted by atomic mass is 10.3. The van der Waals surface area contributed by atoms with Gasteiger partial charge in [0.05, 0.1) is 0 Å². The fraction of sp³-hybridized carbons (Fsp3) is 0. The van der Waals surface area contributed by atoms with Crippen LogP contribution in [0.1, 0.15) is 0 Å². The molecular weight excluding hydrogens is 156 g/mol. The highest BCUT2D eigenvalue weighted by atomic mass is 16.3. The summed E-state index contributed by atoms with van der Waals surface area (Å²) in [5, 5.41) is 2.40. The molecule has 12 heavy (non-hydrogen) atoms. The van der Waals surface area contributed by atoms with Crippen LogP contribution in [0.3, 0.4) is 0 Å². The Hall–Kier alpha value is -1.84. The van der Waals surface area contributed by atoms with Gasteiger partial charge in [0.25, 0.3) is 0 Å². The average Bonchev–Trinajstić information content (AvgIpc) is 2.51. The molecular formula is C8H5N2O2. The van der Waals surface area contributed by atoms with Crippen LogP contribution in [0.5, 0.6) is 0 Å². The van der Waals surface area contributed by atoms with E-state index in [1.807, 2.05) is 0 Å². The van der Waals surface area contributed by atoms with Crippen molar-refractivity contribution in [3.05, 3.63) is 24.6 Å². The smallest absolute Gasteiger partial charge is 0.314 e. The molecule has 4 nitrogen and oxygen atoms in total. The number of aromatic nitrogens is 1. The third-order valence-corrected chi connectivity index (χ3v) is 1.53. The van der Waals surface area contributed by atoms with Crippen molar-refractivity contribution in [3.8, 4) is 0 Å². The van der Waals surface area contributed by atoms with E-state index >= 15 is 0 Å². The number of oxazole rings is 1. The van der Waals surface area contributed by atoms with Crippen LogP contribution in [0, 0.1) is 0 Å². The predicted molar refractivity (Wildman–Crippen MR) is 43.3 cm³/mol. The maximum absolute atomic E-state index is 9.97. The topological polar surface area (TPSA) is 55.1 Å². The Balaban J connectivity index is 2.52. The molecule has 2 aromatic rings. The van der Waals surface area contributed by atoms with Gasteiger partial charge in [0, 0.05) is 11.8 Å². The summed E-state index contributed by atoms with van der Waals surface area (Å²) in [6.45, 7) is 0. The molecule has 0 spiro atoms. The quantitative estimate of drug-likeness (QED) is 0.675. The minimum absolute atomic E-state index is 0.647. The molecule has 1 heterocycles. The zero-order chi connectivity index (χ0) is 8.39. The van der Waals surface area contributed by atoms with E-state index < -0.39 is 0 Å². The highest BCUT2D eigenvalue weighted by Gasteiger charge is 1.98. The summed E-state index contributed by atoms with van der Waals surface area (Å²) < 4.78 is 5.02. The molecule has 0 aliphatic carbocycles. The van der Waals surface area contributed by atoms with Crippen LogP contribution in [0.2, 0.25) is 0 Å². The third-order valence-electron chi connectivity index (χ3n) is 1.53. The monoisotopic (exact) mass is 161 g/mol. The van der Waals surface area contributed by atoms with Crippen molar-refractivity contribution in [2.45, 2.75) is 0 Å². The molecule has 0 aliphatic rings. The second-order valence-corrected chi connectivity index (χ2v) is 2.26. The Kier molecular flexibility index (Phi) is 1.51. The molecule has 0 saturated heterocycles. The number of fused-ring (bicyclic) bond motifs is 1. The number of amides is 1. The first-order valence-electron chi connectivity index (χ1n) is 3.36. The van der Waals surface area contributed by atoms with Gasteiger partial charge in [-0.1, -0.05) is 0 Å². The number of carbonyl (C=O) groups excluding carboxylic acids is 1. The van der Waals surface area contributed by atoms with E-state index in [0.717, 1.165) is 5.52 Å². The van der Waals surface area contributed by atoms with Crippen molar-refractivity contribution < 1.29 is 9.21 Å². The normalized spacial score (nSPS) is 10.0. The van der Waals surface area contributed by atoms with Crippen LogP contribution in [0.15, 0.2) is 29.0 Å². The molecule has 59 valence electrons. The molecule has 0 aliphatic heterocycles. The Bertz CT molecular complexity index is 408. The Morgan fingerprint density at radius 1 is 1.50 bits per heavy atom.